The van der Waals surface area contributed by atoms with Gasteiger partial charge in [-0.25, -0.2) is 0 Å². The highest BCUT2D eigenvalue weighted by molar-refractivity contribution is 6.22. The lowest BCUT2D eigenvalue weighted by Gasteiger charge is -2.31. The number of ketones is 1. The number of carbonyl (C=O) groups excluding carboxylic acids is 1. The van der Waals surface area contributed by atoms with Gasteiger partial charge in [0.2, 0.25) is 0 Å². The van der Waals surface area contributed by atoms with Gasteiger partial charge in [0.25, 0.3) is 0 Å². The van der Waals surface area contributed by atoms with Crippen LogP contribution in [0.2, 0.25) is 0 Å². The number of allylic oxidation sites excluding steroid dienone is 2. The molecule has 0 radical (unpaired) electrons. The lowest BCUT2D eigenvalue weighted by atomic mass is 9.73. The van der Waals surface area contributed by atoms with Gasteiger partial charge in [0.05, 0.1) is 0 Å². The molecule has 0 spiro atoms. The third-order valence-electron chi connectivity index (χ3n) is 3.79. The van der Waals surface area contributed by atoms with Gasteiger partial charge in [-0.3, -0.25) is 4.79 Å². The van der Waals surface area contributed by atoms with Gasteiger partial charge >= 0.3 is 0 Å². The Bertz CT molecular complexity index is 442. The maximum Gasteiger partial charge on any atom is 0.163 e. The minimum absolute atomic E-state index is 0.372. The monoisotopic (exact) mass is 212 g/mol. The van der Waals surface area contributed by atoms with Crippen molar-refractivity contribution in [3.05, 3.63) is 41.5 Å². The highest BCUT2D eigenvalue weighted by atomic mass is 16.1. The summed E-state index contributed by atoms with van der Waals surface area (Å²) in [5, 5.41) is 0. The first-order valence-electron chi connectivity index (χ1n) is 6.15. The average Bonchev–Trinajstić information content (AvgIpc) is 2.30. The summed E-state index contributed by atoms with van der Waals surface area (Å²) in [5.74, 6) is 1.01. The van der Waals surface area contributed by atoms with Gasteiger partial charge in [0, 0.05) is 12.0 Å². The number of Topliss-reactive ketones (excluding diaryl/α,β-unsaturated/α-hetero) is 1. The molecule has 2 aliphatic rings. The minimum Gasteiger partial charge on any atom is -0.294 e. The maximum atomic E-state index is 12.2. The number of carbonyl (C=O) groups is 1. The molecule has 0 saturated heterocycles. The van der Waals surface area contributed by atoms with Crippen molar-refractivity contribution in [1.29, 1.82) is 0 Å². The lowest BCUT2D eigenvalue weighted by Crippen LogP contribution is -2.22. The van der Waals surface area contributed by atoms with E-state index in [0.29, 0.717) is 11.7 Å². The van der Waals surface area contributed by atoms with E-state index in [2.05, 4.69) is 12.1 Å². The summed E-state index contributed by atoms with van der Waals surface area (Å²) < 4.78 is 0. The number of hydrogen-bond acceptors (Lipinski definition) is 1. The molecule has 1 nitrogen and oxygen atoms in total. The normalized spacial score (nSPS) is 24.8. The molecule has 0 heterocycles. The molecule has 1 saturated carbocycles. The molecule has 0 aromatic heterocycles. The molecule has 1 fully saturated rings. The molecule has 1 unspecified atom stereocenters. The molecule has 16 heavy (non-hydrogen) atoms. The number of benzene rings is 1. The van der Waals surface area contributed by atoms with Gasteiger partial charge in [0.1, 0.15) is 0 Å². The van der Waals surface area contributed by atoms with E-state index in [1.165, 1.54) is 18.4 Å². The molecule has 0 amide bonds. The van der Waals surface area contributed by atoms with Crippen LogP contribution in [0.25, 0.3) is 5.57 Å². The van der Waals surface area contributed by atoms with Crippen LogP contribution in [0.1, 0.15) is 37.7 Å². The maximum absolute atomic E-state index is 12.2. The first kappa shape index (κ1) is 9.83. The Kier molecular flexibility index (Phi) is 2.39. The van der Waals surface area contributed by atoms with Crippen molar-refractivity contribution in [2.45, 2.75) is 32.1 Å². The second-order valence-corrected chi connectivity index (χ2v) is 4.93. The Morgan fingerprint density at radius 1 is 1.06 bits per heavy atom. The first-order valence-corrected chi connectivity index (χ1v) is 6.15. The fraction of sp³-hybridized carbons (Fsp3) is 0.400. The third-order valence-corrected chi connectivity index (χ3v) is 3.79. The number of fused-ring (bicyclic) bond motifs is 2. The van der Waals surface area contributed by atoms with E-state index in [9.17, 15) is 4.79 Å². The topological polar surface area (TPSA) is 17.1 Å². The van der Waals surface area contributed by atoms with Crippen LogP contribution in [0, 0.1) is 5.92 Å². The minimum atomic E-state index is 0.372. The highest BCUT2D eigenvalue weighted by Crippen LogP contribution is 2.41. The largest absolute Gasteiger partial charge is 0.294 e. The van der Waals surface area contributed by atoms with Gasteiger partial charge < -0.3 is 0 Å². The van der Waals surface area contributed by atoms with Crippen molar-refractivity contribution >= 4 is 11.4 Å². The quantitative estimate of drug-likeness (QED) is 0.695. The Morgan fingerprint density at radius 2 is 1.88 bits per heavy atom. The first-order chi connectivity index (χ1) is 7.84. The van der Waals surface area contributed by atoms with Gasteiger partial charge in [-0.05, 0) is 37.2 Å². The van der Waals surface area contributed by atoms with Crippen LogP contribution in [0.4, 0.5) is 0 Å². The predicted octanol–water partition coefficient (Wildman–Crippen LogP) is 3.60. The van der Waals surface area contributed by atoms with E-state index >= 15 is 0 Å². The highest BCUT2D eigenvalue weighted by Gasteiger charge is 2.30. The molecule has 3 rings (SSSR count). The molecule has 2 bridgehead atoms. The van der Waals surface area contributed by atoms with Crippen molar-refractivity contribution in [3.8, 4) is 0 Å². The SMILES string of the molecule is O=C1CC2CCCC(=C1c1ccccc1)C2. The molecule has 1 atom stereocenters. The Labute approximate surface area is 96.2 Å². The zero-order valence-electron chi connectivity index (χ0n) is 9.41. The number of rotatable bonds is 1. The summed E-state index contributed by atoms with van der Waals surface area (Å²) in [5.41, 5.74) is 3.58. The fourth-order valence-electron chi connectivity index (χ4n) is 3.09. The fourth-order valence-corrected chi connectivity index (χ4v) is 3.09. The molecule has 82 valence electrons. The van der Waals surface area contributed by atoms with Gasteiger partial charge in [-0.15, -0.1) is 0 Å². The second kappa shape index (κ2) is 3.89. The standard InChI is InChI=1S/C15H16O/c16-14-10-11-5-4-8-13(9-11)15(14)12-6-2-1-3-7-12/h1-3,6-7,11H,4-5,8-10H2. The van der Waals surface area contributed by atoms with Crippen LogP contribution in [0.3, 0.4) is 0 Å². The van der Waals surface area contributed by atoms with Crippen LogP contribution in [-0.2, 0) is 4.79 Å². The van der Waals surface area contributed by atoms with Crippen molar-refractivity contribution in [3.63, 3.8) is 0 Å². The molecule has 2 aliphatic carbocycles. The van der Waals surface area contributed by atoms with Crippen LogP contribution < -0.4 is 0 Å². The van der Waals surface area contributed by atoms with E-state index in [0.717, 1.165) is 30.4 Å². The van der Waals surface area contributed by atoms with Gasteiger partial charge in [-0.2, -0.15) is 0 Å². The number of hydrogen-bond donors (Lipinski definition) is 0. The molecule has 0 aliphatic heterocycles. The van der Waals surface area contributed by atoms with Crippen LogP contribution in [0.5, 0.6) is 0 Å². The smallest absolute Gasteiger partial charge is 0.163 e. The predicted molar refractivity (Wildman–Crippen MR) is 64.9 cm³/mol. The Morgan fingerprint density at radius 3 is 2.69 bits per heavy atom. The molecular formula is C15H16O. The van der Waals surface area contributed by atoms with Crippen LogP contribution in [0.15, 0.2) is 35.9 Å². The van der Waals surface area contributed by atoms with Crippen LogP contribution >= 0.6 is 0 Å². The third kappa shape index (κ3) is 1.60. The van der Waals surface area contributed by atoms with Gasteiger partial charge in [0.15, 0.2) is 5.78 Å². The molecule has 1 heteroatoms. The van der Waals surface area contributed by atoms with Crippen molar-refractivity contribution in [2.24, 2.45) is 5.92 Å². The molecule has 0 N–H and O–H groups in total. The summed E-state index contributed by atoms with van der Waals surface area (Å²) >= 11 is 0. The molecule has 1 aromatic rings. The summed E-state index contributed by atoms with van der Waals surface area (Å²) in [7, 11) is 0. The van der Waals surface area contributed by atoms with Crippen molar-refractivity contribution in [2.75, 3.05) is 0 Å². The van der Waals surface area contributed by atoms with E-state index < -0.39 is 0 Å². The average molecular weight is 212 g/mol. The summed E-state index contributed by atoms with van der Waals surface area (Å²) in [6, 6.07) is 10.2. The Hall–Kier alpha value is -1.37. The van der Waals surface area contributed by atoms with E-state index in [-0.39, 0.29) is 0 Å². The van der Waals surface area contributed by atoms with Gasteiger partial charge in [-0.1, -0.05) is 35.9 Å². The zero-order chi connectivity index (χ0) is 11.0. The Balaban J connectivity index is 2.07. The van der Waals surface area contributed by atoms with E-state index in [4.69, 9.17) is 0 Å². The zero-order valence-corrected chi connectivity index (χ0v) is 9.41. The second-order valence-electron chi connectivity index (χ2n) is 4.93. The molecular weight excluding hydrogens is 196 g/mol. The molecule has 1 aromatic carbocycles. The summed E-state index contributed by atoms with van der Waals surface area (Å²) in [4.78, 5) is 12.2. The van der Waals surface area contributed by atoms with E-state index in [1.807, 2.05) is 18.2 Å². The van der Waals surface area contributed by atoms with Crippen molar-refractivity contribution in [1.82, 2.24) is 0 Å². The van der Waals surface area contributed by atoms with Crippen molar-refractivity contribution < 1.29 is 4.79 Å². The summed E-state index contributed by atoms with van der Waals surface area (Å²) in [6.07, 6.45) is 5.58. The lowest BCUT2D eigenvalue weighted by molar-refractivity contribution is -0.115. The summed E-state index contributed by atoms with van der Waals surface area (Å²) in [6.45, 7) is 0. The van der Waals surface area contributed by atoms with Crippen LogP contribution in [-0.4, -0.2) is 5.78 Å². The van der Waals surface area contributed by atoms with E-state index in [1.54, 1.807) is 0 Å².